The van der Waals surface area contributed by atoms with E-state index in [-0.39, 0.29) is 12.4 Å². The van der Waals surface area contributed by atoms with Gasteiger partial charge in [-0.05, 0) is 48.6 Å². The minimum Gasteiger partial charge on any atom is -0.485 e. The number of carbonyl (C=O) groups excluding carboxylic acids is 1. The van der Waals surface area contributed by atoms with Gasteiger partial charge in [-0.15, -0.1) is 0 Å². The molecule has 0 aromatic heterocycles. The van der Waals surface area contributed by atoms with Crippen LogP contribution in [-0.2, 0) is 6.42 Å². The maximum atomic E-state index is 11.9. The Kier molecular flexibility index (Phi) is 2.86. The summed E-state index contributed by atoms with van der Waals surface area (Å²) in [7, 11) is 0. The molecule has 1 heterocycles. The van der Waals surface area contributed by atoms with E-state index < -0.39 is 0 Å². The molecule has 1 aliphatic heterocycles. The molecule has 2 aromatic carbocycles. The minimum atomic E-state index is 0.0989. The van der Waals surface area contributed by atoms with Gasteiger partial charge in [0.15, 0.2) is 6.61 Å². The van der Waals surface area contributed by atoms with E-state index in [4.69, 9.17) is 4.74 Å². The number of hydrogen-bond acceptors (Lipinski definition) is 2. The third kappa shape index (κ3) is 2.03. The van der Waals surface area contributed by atoms with Crippen LogP contribution in [0.1, 0.15) is 32.6 Å². The summed E-state index contributed by atoms with van der Waals surface area (Å²) in [5.41, 5.74) is 5.54. The predicted molar refractivity (Wildman–Crippen MR) is 75.0 cm³/mol. The summed E-state index contributed by atoms with van der Waals surface area (Å²) in [6, 6.07) is 12.3. The second kappa shape index (κ2) is 4.54. The van der Waals surface area contributed by atoms with E-state index in [9.17, 15) is 4.79 Å². The van der Waals surface area contributed by atoms with E-state index in [1.165, 1.54) is 16.7 Å². The average molecular weight is 252 g/mol. The third-order valence-electron chi connectivity index (χ3n) is 3.76. The Balaban J connectivity index is 2.07. The highest BCUT2D eigenvalue weighted by molar-refractivity contribution is 6.04. The summed E-state index contributed by atoms with van der Waals surface area (Å²) in [4.78, 5) is 11.9. The van der Waals surface area contributed by atoms with Gasteiger partial charge >= 0.3 is 0 Å². The van der Waals surface area contributed by atoms with Crippen LogP contribution in [-0.4, -0.2) is 12.4 Å². The molecule has 0 saturated carbocycles. The lowest BCUT2D eigenvalue weighted by Crippen LogP contribution is -2.03. The van der Waals surface area contributed by atoms with Crippen LogP contribution in [0.5, 0.6) is 5.75 Å². The summed E-state index contributed by atoms with van der Waals surface area (Å²) in [6.07, 6.45) is 0.860. The predicted octanol–water partition coefficient (Wildman–Crippen LogP) is 3.47. The summed E-state index contributed by atoms with van der Waals surface area (Å²) in [5, 5.41) is 0. The molecule has 2 heteroatoms. The maximum absolute atomic E-state index is 11.9. The Bertz CT molecular complexity index is 642. The maximum Gasteiger partial charge on any atom is 0.204 e. The van der Waals surface area contributed by atoms with Crippen molar-refractivity contribution < 1.29 is 9.53 Å². The van der Waals surface area contributed by atoms with E-state index in [0.29, 0.717) is 0 Å². The number of aryl methyl sites for hydroxylation is 1. The van der Waals surface area contributed by atoms with Crippen molar-refractivity contribution in [1.82, 2.24) is 0 Å². The van der Waals surface area contributed by atoms with Crippen LogP contribution < -0.4 is 4.74 Å². The van der Waals surface area contributed by atoms with Crippen LogP contribution in [0, 0.1) is 13.8 Å². The molecule has 0 unspecified atom stereocenters. The van der Waals surface area contributed by atoms with Gasteiger partial charge in [0.05, 0.1) is 5.56 Å². The molecule has 3 rings (SSSR count). The zero-order valence-corrected chi connectivity index (χ0v) is 11.2. The van der Waals surface area contributed by atoms with Gasteiger partial charge in [-0.3, -0.25) is 4.79 Å². The molecule has 0 fully saturated rings. The molecule has 0 saturated heterocycles. The number of hydrogen-bond donors (Lipinski definition) is 0. The van der Waals surface area contributed by atoms with Gasteiger partial charge in [0.2, 0.25) is 5.78 Å². The number of fused-ring (bicyclic) bond motifs is 1. The molecule has 1 aliphatic rings. The van der Waals surface area contributed by atoms with Gasteiger partial charge in [0.25, 0.3) is 0 Å². The van der Waals surface area contributed by atoms with Gasteiger partial charge in [0.1, 0.15) is 5.75 Å². The van der Waals surface area contributed by atoms with Crippen molar-refractivity contribution in [3.63, 3.8) is 0 Å². The smallest absolute Gasteiger partial charge is 0.204 e. The van der Waals surface area contributed by atoms with E-state index in [1.54, 1.807) is 0 Å². The average Bonchev–Trinajstić information content (AvgIpc) is 2.77. The van der Waals surface area contributed by atoms with Gasteiger partial charge in [-0.25, -0.2) is 0 Å². The number of ketones is 1. The topological polar surface area (TPSA) is 26.3 Å². The lowest BCUT2D eigenvalue weighted by Gasteiger charge is -2.13. The van der Waals surface area contributed by atoms with Crippen LogP contribution >= 0.6 is 0 Å². The fourth-order valence-electron chi connectivity index (χ4n) is 2.74. The van der Waals surface area contributed by atoms with Crippen LogP contribution in [0.15, 0.2) is 36.4 Å². The van der Waals surface area contributed by atoms with E-state index in [2.05, 4.69) is 19.1 Å². The first-order chi connectivity index (χ1) is 9.16. The Labute approximate surface area is 113 Å². The van der Waals surface area contributed by atoms with E-state index >= 15 is 0 Å². The summed E-state index contributed by atoms with van der Waals surface area (Å²) >= 11 is 0. The highest BCUT2D eigenvalue weighted by atomic mass is 16.5. The molecule has 0 spiro atoms. The van der Waals surface area contributed by atoms with Crippen molar-refractivity contribution in [3.05, 3.63) is 64.2 Å². The first-order valence-electron chi connectivity index (χ1n) is 6.50. The Morgan fingerprint density at radius 2 is 1.89 bits per heavy atom. The van der Waals surface area contributed by atoms with Gasteiger partial charge in [-0.1, -0.05) is 30.3 Å². The van der Waals surface area contributed by atoms with Crippen LogP contribution in [0.2, 0.25) is 0 Å². The third-order valence-corrected chi connectivity index (χ3v) is 3.76. The Morgan fingerprint density at radius 3 is 2.63 bits per heavy atom. The van der Waals surface area contributed by atoms with Crippen molar-refractivity contribution in [2.24, 2.45) is 0 Å². The van der Waals surface area contributed by atoms with E-state index in [0.717, 1.165) is 23.3 Å². The Morgan fingerprint density at radius 1 is 1.16 bits per heavy atom. The molecule has 0 atom stereocenters. The molecular formula is C17H16O2. The highest BCUT2D eigenvalue weighted by Gasteiger charge is 2.25. The quantitative estimate of drug-likeness (QED) is 0.818. The lowest BCUT2D eigenvalue weighted by atomic mass is 9.91. The molecule has 19 heavy (non-hydrogen) atoms. The Hall–Kier alpha value is -2.09. The molecule has 0 radical (unpaired) electrons. The van der Waals surface area contributed by atoms with Crippen molar-refractivity contribution in [2.45, 2.75) is 20.3 Å². The second-order valence-electron chi connectivity index (χ2n) is 5.04. The first kappa shape index (κ1) is 12.0. The van der Waals surface area contributed by atoms with Crippen molar-refractivity contribution in [3.8, 4) is 5.75 Å². The second-order valence-corrected chi connectivity index (χ2v) is 5.04. The van der Waals surface area contributed by atoms with Crippen molar-refractivity contribution in [2.75, 3.05) is 6.61 Å². The van der Waals surface area contributed by atoms with Gasteiger partial charge in [0, 0.05) is 0 Å². The standard InChI is InChI=1S/C17H16O2/c1-11-8-16-17(15(18)10-19-16)12(2)14(11)9-13-6-4-3-5-7-13/h3-8H,9-10H2,1-2H3. The van der Waals surface area contributed by atoms with Crippen LogP contribution in [0.25, 0.3) is 0 Å². The van der Waals surface area contributed by atoms with Crippen molar-refractivity contribution in [1.29, 1.82) is 0 Å². The van der Waals surface area contributed by atoms with Crippen LogP contribution in [0.4, 0.5) is 0 Å². The first-order valence-corrected chi connectivity index (χ1v) is 6.50. The van der Waals surface area contributed by atoms with Gasteiger partial charge in [-0.2, -0.15) is 0 Å². The molecule has 96 valence electrons. The summed E-state index contributed by atoms with van der Waals surface area (Å²) < 4.78 is 5.43. The molecule has 0 aliphatic carbocycles. The largest absolute Gasteiger partial charge is 0.485 e. The SMILES string of the molecule is Cc1cc2c(c(C)c1Cc1ccccc1)C(=O)CO2. The fourth-order valence-corrected chi connectivity index (χ4v) is 2.74. The molecule has 0 bridgehead atoms. The monoisotopic (exact) mass is 252 g/mol. The molecular weight excluding hydrogens is 236 g/mol. The fraction of sp³-hybridized carbons (Fsp3) is 0.235. The normalized spacial score (nSPS) is 13.3. The van der Waals surface area contributed by atoms with Gasteiger partial charge < -0.3 is 4.74 Å². The number of Topliss-reactive ketones (excluding diaryl/α,β-unsaturated/α-hetero) is 1. The number of benzene rings is 2. The zero-order valence-electron chi connectivity index (χ0n) is 11.2. The lowest BCUT2D eigenvalue weighted by molar-refractivity contribution is 0.0960. The van der Waals surface area contributed by atoms with E-state index in [1.807, 2.05) is 31.2 Å². The number of carbonyl (C=O) groups is 1. The molecule has 0 N–H and O–H groups in total. The highest BCUT2D eigenvalue weighted by Crippen LogP contribution is 2.33. The molecule has 0 amide bonds. The number of rotatable bonds is 2. The molecule has 2 aromatic rings. The number of ether oxygens (including phenoxy) is 1. The van der Waals surface area contributed by atoms with Crippen LogP contribution in [0.3, 0.4) is 0 Å². The molecule has 2 nitrogen and oxygen atoms in total. The summed E-state index contributed by atoms with van der Waals surface area (Å²) in [5.74, 6) is 0.846. The summed E-state index contributed by atoms with van der Waals surface area (Å²) in [6.45, 7) is 4.29. The van der Waals surface area contributed by atoms with Crippen molar-refractivity contribution >= 4 is 5.78 Å². The minimum absolute atomic E-state index is 0.0989. The zero-order chi connectivity index (χ0) is 13.4.